The number of nitrogens with one attached hydrogen (secondary N) is 1. The SMILES string of the molecule is COCCn1nc(C)c(C(C)NCc2ccc(F)c(CO)c2)c1C. The van der Waals surface area contributed by atoms with E-state index in [1.807, 2.05) is 11.6 Å². The molecular formula is C18H26FN3O2. The predicted octanol–water partition coefficient (Wildman–Crippen LogP) is 2.63. The van der Waals surface area contributed by atoms with E-state index in [9.17, 15) is 4.39 Å². The minimum absolute atomic E-state index is 0.115. The Labute approximate surface area is 142 Å². The number of halogens is 1. The second kappa shape index (κ2) is 8.37. The molecule has 0 spiro atoms. The Morgan fingerprint density at radius 3 is 2.79 bits per heavy atom. The summed E-state index contributed by atoms with van der Waals surface area (Å²) in [5.41, 5.74) is 4.56. The number of nitrogens with zero attached hydrogens (tertiary/aromatic N) is 2. The van der Waals surface area contributed by atoms with Crippen LogP contribution in [0.25, 0.3) is 0 Å². The van der Waals surface area contributed by atoms with Crippen LogP contribution < -0.4 is 5.32 Å². The molecule has 6 heteroatoms. The molecule has 1 unspecified atom stereocenters. The van der Waals surface area contributed by atoms with Crippen LogP contribution in [-0.4, -0.2) is 28.6 Å². The standard InChI is InChI=1S/C18H26FN3O2/c1-12(18-13(2)21-22(14(18)3)7-8-24-4)20-10-15-5-6-17(19)16(9-15)11-23/h5-6,9,12,20,23H,7-8,10-11H2,1-4H3. The Hall–Kier alpha value is -1.76. The van der Waals surface area contributed by atoms with Gasteiger partial charge >= 0.3 is 0 Å². The number of aliphatic hydroxyl groups is 1. The third kappa shape index (κ3) is 4.20. The van der Waals surface area contributed by atoms with Crippen LogP contribution in [0.15, 0.2) is 18.2 Å². The average Bonchev–Trinajstić information content (AvgIpc) is 2.85. The zero-order valence-electron chi connectivity index (χ0n) is 14.8. The Bertz CT molecular complexity index is 685. The molecule has 1 heterocycles. The summed E-state index contributed by atoms with van der Waals surface area (Å²) in [7, 11) is 1.68. The van der Waals surface area contributed by atoms with Crippen molar-refractivity contribution in [3.05, 3.63) is 52.1 Å². The highest BCUT2D eigenvalue weighted by molar-refractivity contribution is 5.29. The van der Waals surface area contributed by atoms with Crippen LogP contribution in [-0.2, 0) is 24.4 Å². The van der Waals surface area contributed by atoms with Crippen molar-refractivity contribution in [2.75, 3.05) is 13.7 Å². The Morgan fingerprint density at radius 2 is 2.12 bits per heavy atom. The van der Waals surface area contributed by atoms with E-state index in [0.29, 0.717) is 18.7 Å². The first-order valence-electron chi connectivity index (χ1n) is 8.12. The molecule has 0 radical (unpaired) electrons. The molecule has 0 fully saturated rings. The Balaban J connectivity index is 2.07. The van der Waals surface area contributed by atoms with Gasteiger partial charge in [-0.2, -0.15) is 5.10 Å². The topological polar surface area (TPSA) is 59.3 Å². The lowest BCUT2D eigenvalue weighted by Crippen LogP contribution is -2.19. The van der Waals surface area contributed by atoms with Crippen LogP contribution in [0.2, 0.25) is 0 Å². The van der Waals surface area contributed by atoms with Crippen LogP contribution in [0.1, 0.15) is 41.0 Å². The van der Waals surface area contributed by atoms with Gasteiger partial charge in [-0.05, 0) is 38.5 Å². The second-order valence-electron chi connectivity index (χ2n) is 5.99. The maximum atomic E-state index is 13.4. The Morgan fingerprint density at radius 1 is 1.38 bits per heavy atom. The van der Waals surface area contributed by atoms with E-state index >= 15 is 0 Å². The molecule has 1 atom stereocenters. The van der Waals surface area contributed by atoms with Gasteiger partial charge in [0.05, 0.1) is 25.5 Å². The number of benzene rings is 1. The van der Waals surface area contributed by atoms with Crippen molar-refractivity contribution in [3.63, 3.8) is 0 Å². The first kappa shape index (κ1) is 18.6. The van der Waals surface area contributed by atoms with Crippen molar-refractivity contribution in [2.45, 2.75) is 46.5 Å². The molecule has 2 N–H and O–H groups in total. The van der Waals surface area contributed by atoms with E-state index in [1.54, 1.807) is 19.2 Å². The third-order valence-electron chi connectivity index (χ3n) is 4.27. The van der Waals surface area contributed by atoms with E-state index in [1.165, 1.54) is 11.6 Å². The average molecular weight is 335 g/mol. The molecule has 24 heavy (non-hydrogen) atoms. The molecule has 2 rings (SSSR count). The smallest absolute Gasteiger partial charge is 0.128 e. The van der Waals surface area contributed by atoms with Gasteiger partial charge in [0.15, 0.2) is 0 Å². The number of methoxy groups -OCH3 is 1. The van der Waals surface area contributed by atoms with Gasteiger partial charge in [-0.1, -0.05) is 6.07 Å². The highest BCUT2D eigenvalue weighted by Crippen LogP contribution is 2.22. The number of ether oxygens (including phenoxy) is 1. The lowest BCUT2D eigenvalue weighted by molar-refractivity contribution is 0.182. The fourth-order valence-electron chi connectivity index (χ4n) is 2.97. The molecule has 2 aromatic rings. The van der Waals surface area contributed by atoms with Gasteiger partial charge in [0, 0.05) is 36.5 Å². The summed E-state index contributed by atoms with van der Waals surface area (Å²) < 4.78 is 20.5. The van der Waals surface area contributed by atoms with Gasteiger partial charge in [0.2, 0.25) is 0 Å². The summed E-state index contributed by atoms with van der Waals surface area (Å²) in [5.74, 6) is -0.375. The lowest BCUT2D eigenvalue weighted by atomic mass is 10.1. The third-order valence-corrected chi connectivity index (χ3v) is 4.27. The summed E-state index contributed by atoms with van der Waals surface area (Å²) in [4.78, 5) is 0. The number of aromatic nitrogens is 2. The van der Waals surface area contributed by atoms with E-state index in [0.717, 1.165) is 23.5 Å². The second-order valence-corrected chi connectivity index (χ2v) is 5.99. The minimum Gasteiger partial charge on any atom is -0.392 e. The predicted molar refractivity (Wildman–Crippen MR) is 91.2 cm³/mol. The van der Waals surface area contributed by atoms with Crippen LogP contribution >= 0.6 is 0 Å². The fourth-order valence-corrected chi connectivity index (χ4v) is 2.97. The van der Waals surface area contributed by atoms with Crippen molar-refractivity contribution >= 4 is 0 Å². The van der Waals surface area contributed by atoms with Gasteiger partial charge in [0.25, 0.3) is 0 Å². The maximum absolute atomic E-state index is 13.4. The van der Waals surface area contributed by atoms with Crippen LogP contribution in [0.3, 0.4) is 0 Å². The number of hydrogen-bond acceptors (Lipinski definition) is 4. The number of aryl methyl sites for hydroxylation is 1. The molecule has 0 saturated heterocycles. The van der Waals surface area contributed by atoms with Gasteiger partial charge in [-0.3, -0.25) is 4.68 Å². The van der Waals surface area contributed by atoms with Crippen LogP contribution in [0.4, 0.5) is 4.39 Å². The van der Waals surface area contributed by atoms with Crippen molar-refractivity contribution in [3.8, 4) is 0 Å². The molecule has 0 aliphatic carbocycles. The molecule has 1 aromatic heterocycles. The molecule has 132 valence electrons. The van der Waals surface area contributed by atoms with Gasteiger partial charge in [-0.25, -0.2) is 4.39 Å². The van der Waals surface area contributed by atoms with Crippen molar-refractivity contribution in [2.24, 2.45) is 0 Å². The summed E-state index contributed by atoms with van der Waals surface area (Å²) in [5, 5.41) is 17.2. The number of hydrogen-bond donors (Lipinski definition) is 2. The quantitative estimate of drug-likeness (QED) is 0.779. The number of aliphatic hydroxyl groups excluding tert-OH is 1. The largest absolute Gasteiger partial charge is 0.392 e. The van der Waals surface area contributed by atoms with Crippen molar-refractivity contribution in [1.29, 1.82) is 0 Å². The molecule has 0 amide bonds. The normalized spacial score (nSPS) is 12.6. The minimum atomic E-state index is -0.375. The van der Waals surface area contributed by atoms with E-state index in [4.69, 9.17) is 9.84 Å². The number of rotatable bonds is 8. The molecule has 5 nitrogen and oxygen atoms in total. The van der Waals surface area contributed by atoms with Crippen LogP contribution in [0, 0.1) is 19.7 Å². The summed E-state index contributed by atoms with van der Waals surface area (Å²) in [6, 6.07) is 4.93. The lowest BCUT2D eigenvalue weighted by Gasteiger charge is -2.15. The van der Waals surface area contributed by atoms with Gasteiger partial charge in [-0.15, -0.1) is 0 Å². The zero-order valence-corrected chi connectivity index (χ0v) is 14.8. The first-order valence-corrected chi connectivity index (χ1v) is 8.12. The highest BCUT2D eigenvalue weighted by atomic mass is 19.1. The molecule has 0 saturated carbocycles. The van der Waals surface area contributed by atoms with Gasteiger partial charge < -0.3 is 15.2 Å². The molecule has 0 aliphatic rings. The summed E-state index contributed by atoms with van der Waals surface area (Å²) >= 11 is 0. The summed E-state index contributed by atoms with van der Waals surface area (Å²) in [6.07, 6.45) is 0. The van der Waals surface area contributed by atoms with E-state index < -0.39 is 0 Å². The Kier molecular flexibility index (Phi) is 6.48. The highest BCUT2D eigenvalue weighted by Gasteiger charge is 2.17. The zero-order chi connectivity index (χ0) is 17.7. The first-order chi connectivity index (χ1) is 11.5. The monoisotopic (exact) mass is 335 g/mol. The van der Waals surface area contributed by atoms with Gasteiger partial charge in [0.1, 0.15) is 5.82 Å². The molecule has 1 aromatic carbocycles. The molecule has 0 bridgehead atoms. The van der Waals surface area contributed by atoms with Crippen LogP contribution in [0.5, 0.6) is 0 Å². The van der Waals surface area contributed by atoms with Crippen molar-refractivity contribution in [1.82, 2.24) is 15.1 Å². The van der Waals surface area contributed by atoms with E-state index in [-0.39, 0.29) is 18.5 Å². The molecular weight excluding hydrogens is 309 g/mol. The van der Waals surface area contributed by atoms with Crippen molar-refractivity contribution < 1.29 is 14.2 Å². The molecule has 0 aliphatic heterocycles. The maximum Gasteiger partial charge on any atom is 0.128 e. The summed E-state index contributed by atoms with van der Waals surface area (Å²) in [6.45, 7) is 7.82. The van der Waals surface area contributed by atoms with E-state index in [2.05, 4.69) is 24.3 Å². The fraction of sp³-hybridized carbons (Fsp3) is 0.500.